The van der Waals surface area contributed by atoms with E-state index in [1.165, 1.54) is 36.4 Å². The number of phenols is 3. The van der Waals surface area contributed by atoms with Gasteiger partial charge in [-0.15, -0.1) is 0 Å². The molecule has 114 valence electrons. The van der Waals surface area contributed by atoms with Gasteiger partial charge in [0.15, 0.2) is 6.29 Å². The van der Waals surface area contributed by atoms with Gasteiger partial charge in [-0.2, -0.15) is 0 Å². The van der Waals surface area contributed by atoms with Gasteiger partial charge in [0.2, 0.25) is 5.91 Å². The van der Waals surface area contributed by atoms with E-state index in [4.69, 9.17) is 0 Å². The number of aryl methyl sites for hydroxylation is 1. The average Bonchev–Trinajstić information content (AvgIpc) is 2.48. The molecule has 6 nitrogen and oxygen atoms in total. The molecule has 2 aromatic carbocycles. The maximum Gasteiger partial charge on any atom is 0.224 e. The first-order valence-corrected chi connectivity index (χ1v) is 6.58. The molecule has 4 N–H and O–H groups in total. The molecule has 1 amide bonds. The molecule has 2 rings (SSSR count). The zero-order chi connectivity index (χ0) is 16.1. The molecule has 0 saturated carbocycles. The fourth-order valence-corrected chi connectivity index (χ4v) is 1.99. The van der Waals surface area contributed by atoms with Gasteiger partial charge >= 0.3 is 0 Å². The standard InChI is InChI=1S/C16H15NO5/c18-9-11-7-12(19)4-5-14(11)17-16(22)6-2-10-1-3-13(20)8-15(10)21/h1,3-5,7-9,19-21H,2,6H2,(H,17,22). The normalized spacial score (nSPS) is 10.2. The Kier molecular flexibility index (Phi) is 4.63. The lowest BCUT2D eigenvalue weighted by molar-refractivity contribution is -0.116. The van der Waals surface area contributed by atoms with E-state index in [9.17, 15) is 24.9 Å². The van der Waals surface area contributed by atoms with Crippen LogP contribution in [0, 0.1) is 0 Å². The predicted molar refractivity (Wildman–Crippen MR) is 80.2 cm³/mol. The van der Waals surface area contributed by atoms with Crippen LogP contribution in [0.1, 0.15) is 22.3 Å². The highest BCUT2D eigenvalue weighted by Crippen LogP contribution is 2.24. The SMILES string of the molecule is O=Cc1cc(O)ccc1NC(=O)CCc1ccc(O)cc1O. The lowest BCUT2D eigenvalue weighted by atomic mass is 10.1. The van der Waals surface area contributed by atoms with Gasteiger partial charge in [-0.1, -0.05) is 6.07 Å². The summed E-state index contributed by atoms with van der Waals surface area (Å²) in [4.78, 5) is 22.8. The van der Waals surface area contributed by atoms with Gasteiger partial charge in [0, 0.05) is 18.1 Å². The minimum Gasteiger partial charge on any atom is -0.508 e. The first-order valence-electron chi connectivity index (χ1n) is 6.58. The highest BCUT2D eigenvalue weighted by Gasteiger charge is 2.09. The van der Waals surface area contributed by atoms with Gasteiger partial charge in [0.25, 0.3) is 0 Å². The highest BCUT2D eigenvalue weighted by atomic mass is 16.3. The lowest BCUT2D eigenvalue weighted by Gasteiger charge is -2.09. The Balaban J connectivity index is 2.00. The van der Waals surface area contributed by atoms with Crippen LogP contribution in [0.25, 0.3) is 0 Å². The third-order valence-electron chi connectivity index (χ3n) is 3.13. The van der Waals surface area contributed by atoms with Crippen LogP contribution in [0.4, 0.5) is 5.69 Å². The van der Waals surface area contributed by atoms with Crippen LogP contribution >= 0.6 is 0 Å². The zero-order valence-corrected chi connectivity index (χ0v) is 11.6. The van der Waals surface area contributed by atoms with E-state index in [0.29, 0.717) is 17.5 Å². The number of aldehydes is 1. The van der Waals surface area contributed by atoms with Crippen LogP contribution in [-0.4, -0.2) is 27.5 Å². The molecule has 0 aliphatic rings. The summed E-state index contributed by atoms with van der Waals surface area (Å²) < 4.78 is 0. The van der Waals surface area contributed by atoms with Crippen molar-refractivity contribution in [1.82, 2.24) is 0 Å². The average molecular weight is 301 g/mol. The molecule has 0 unspecified atom stereocenters. The third-order valence-corrected chi connectivity index (χ3v) is 3.13. The quantitative estimate of drug-likeness (QED) is 0.500. The Labute approximate surface area is 126 Å². The van der Waals surface area contributed by atoms with Crippen molar-refractivity contribution >= 4 is 17.9 Å². The lowest BCUT2D eigenvalue weighted by Crippen LogP contribution is -2.13. The molecule has 0 radical (unpaired) electrons. The second-order valence-corrected chi connectivity index (χ2v) is 4.75. The molecule has 0 spiro atoms. The van der Waals surface area contributed by atoms with Gasteiger partial charge in [0.1, 0.15) is 17.2 Å². The molecule has 0 fully saturated rings. The fourth-order valence-electron chi connectivity index (χ4n) is 1.99. The summed E-state index contributed by atoms with van der Waals surface area (Å²) in [5.74, 6) is -0.521. The number of benzene rings is 2. The number of amides is 1. The monoisotopic (exact) mass is 301 g/mol. The van der Waals surface area contributed by atoms with Crippen molar-refractivity contribution < 1.29 is 24.9 Å². The molecule has 2 aromatic rings. The molecule has 0 aromatic heterocycles. The summed E-state index contributed by atoms with van der Waals surface area (Å²) in [7, 11) is 0. The van der Waals surface area contributed by atoms with Crippen LogP contribution in [0.5, 0.6) is 17.2 Å². The second-order valence-electron chi connectivity index (χ2n) is 4.75. The molecular weight excluding hydrogens is 286 g/mol. The smallest absolute Gasteiger partial charge is 0.224 e. The van der Waals surface area contributed by atoms with Crippen molar-refractivity contribution in [1.29, 1.82) is 0 Å². The maximum atomic E-state index is 11.9. The number of carbonyl (C=O) groups is 2. The van der Waals surface area contributed by atoms with E-state index >= 15 is 0 Å². The fraction of sp³-hybridized carbons (Fsp3) is 0.125. The van der Waals surface area contributed by atoms with E-state index in [1.807, 2.05) is 0 Å². The number of hydrogen-bond donors (Lipinski definition) is 4. The molecule has 0 atom stereocenters. The van der Waals surface area contributed by atoms with E-state index in [2.05, 4.69) is 5.32 Å². The van der Waals surface area contributed by atoms with Crippen LogP contribution in [0.15, 0.2) is 36.4 Å². The summed E-state index contributed by atoms with van der Waals surface area (Å²) in [6.07, 6.45) is 0.922. The van der Waals surface area contributed by atoms with Crippen LogP contribution in [-0.2, 0) is 11.2 Å². The second kappa shape index (κ2) is 6.62. The Bertz CT molecular complexity index is 712. The third kappa shape index (κ3) is 3.76. The summed E-state index contributed by atoms with van der Waals surface area (Å²) >= 11 is 0. The van der Waals surface area contributed by atoms with Crippen molar-refractivity contribution in [2.75, 3.05) is 5.32 Å². The molecule has 0 heterocycles. The molecule has 0 aliphatic carbocycles. The Hall–Kier alpha value is -3.02. The van der Waals surface area contributed by atoms with E-state index in [0.717, 1.165) is 0 Å². The predicted octanol–water partition coefficient (Wildman–Crippen LogP) is 2.19. The van der Waals surface area contributed by atoms with Gasteiger partial charge in [-0.3, -0.25) is 9.59 Å². The Morgan fingerprint density at radius 3 is 2.41 bits per heavy atom. The first-order chi connectivity index (χ1) is 10.5. The van der Waals surface area contributed by atoms with Crippen molar-refractivity contribution in [2.45, 2.75) is 12.8 Å². The Morgan fingerprint density at radius 1 is 1.05 bits per heavy atom. The molecule has 6 heteroatoms. The summed E-state index contributed by atoms with van der Waals surface area (Å²) in [6, 6.07) is 8.24. The number of nitrogens with one attached hydrogen (secondary N) is 1. The molecule has 22 heavy (non-hydrogen) atoms. The summed E-state index contributed by atoms with van der Waals surface area (Å²) in [6.45, 7) is 0. The molecule has 0 bridgehead atoms. The number of anilines is 1. The highest BCUT2D eigenvalue weighted by molar-refractivity contribution is 5.96. The summed E-state index contributed by atoms with van der Waals surface area (Å²) in [5.41, 5.74) is 1.03. The minimum absolute atomic E-state index is 0.0505. The van der Waals surface area contributed by atoms with Gasteiger partial charge < -0.3 is 20.6 Å². The molecule has 0 aliphatic heterocycles. The van der Waals surface area contributed by atoms with Crippen LogP contribution < -0.4 is 5.32 Å². The van der Waals surface area contributed by atoms with Gasteiger partial charge in [-0.25, -0.2) is 0 Å². The zero-order valence-electron chi connectivity index (χ0n) is 11.6. The van der Waals surface area contributed by atoms with Crippen LogP contribution in [0.2, 0.25) is 0 Å². The number of hydrogen-bond acceptors (Lipinski definition) is 5. The maximum absolute atomic E-state index is 11.9. The van der Waals surface area contributed by atoms with E-state index < -0.39 is 0 Å². The number of carbonyl (C=O) groups excluding carboxylic acids is 2. The largest absolute Gasteiger partial charge is 0.508 e. The van der Waals surface area contributed by atoms with Crippen molar-refractivity contribution in [3.05, 3.63) is 47.5 Å². The van der Waals surface area contributed by atoms with Gasteiger partial charge in [-0.05, 0) is 36.2 Å². The van der Waals surface area contributed by atoms with Crippen LogP contribution in [0.3, 0.4) is 0 Å². The molecule has 0 saturated heterocycles. The van der Waals surface area contributed by atoms with Gasteiger partial charge in [0.05, 0.1) is 5.69 Å². The minimum atomic E-state index is -0.332. The number of phenolic OH excluding ortho intramolecular Hbond substituents is 3. The van der Waals surface area contributed by atoms with E-state index in [-0.39, 0.29) is 41.6 Å². The Morgan fingerprint density at radius 2 is 1.73 bits per heavy atom. The topological polar surface area (TPSA) is 107 Å². The number of aromatic hydroxyl groups is 3. The van der Waals surface area contributed by atoms with Crippen molar-refractivity contribution in [3.8, 4) is 17.2 Å². The first kappa shape index (κ1) is 15.4. The summed E-state index contributed by atoms with van der Waals surface area (Å²) in [5, 5.41) is 30.7. The number of rotatable bonds is 5. The van der Waals surface area contributed by atoms with E-state index in [1.54, 1.807) is 0 Å². The van der Waals surface area contributed by atoms with Crippen molar-refractivity contribution in [3.63, 3.8) is 0 Å². The molecular formula is C16H15NO5. The van der Waals surface area contributed by atoms with Crippen molar-refractivity contribution in [2.24, 2.45) is 0 Å².